The topological polar surface area (TPSA) is 111 Å². The number of amides is 2. The third-order valence-corrected chi connectivity index (χ3v) is 5.63. The molecular weight excluding hydrogens is 386 g/mol. The Morgan fingerprint density at radius 2 is 1.86 bits per heavy atom. The summed E-state index contributed by atoms with van der Waals surface area (Å²) in [6, 6.07) is 11.3. The highest BCUT2D eigenvalue weighted by atomic mass is 32.1. The number of aryl methyl sites for hydroxylation is 2. The number of hydrogen-bond acceptors (Lipinski definition) is 5. The fraction of sp³-hybridized carbons (Fsp3) is 0.100. The van der Waals surface area contributed by atoms with Crippen molar-refractivity contribution in [3.8, 4) is 11.3 Å². The predicted molar refractivity (Wildman–Crippen MR) is 113 cm³/mol. The molecule has 5 rings (SSSR count). The summed E-state index contributed by atoms with van der Waals surface area (Å²) in [6.07, 6.45) is 6.80. The first-order valence-electron chi connectivity index (χ1n) is 9.12. The zero-order valence-corrected chi connectivity index (χ0v) is 16.1. The summed E-state index contributed by atoms with van der Waals surface area (Å²) in [6.45, 7) is 0. The highest BCUT2D eigenvalue weighted by molar-refractivity contribution is 7.15. The fourth-order valence-corrected chi connectivity index (χ4v) is 4.10. The van der Waals surface area contributed by atoms with Crippen molar-refractivity contribution in [1.29, 1.82) is 0 Å². The van der Waals surface area contributed by atoms with E-state index in [2.05, 4.69) is 41.6 Å². The summed E-state index contributed by atoms with van der Waals surface area (Å²) >= 11 is 1.47. The van der Waals surface area contributed by atoms with Gasteiger partial charge in [0.25, 0.3) is 0 Å². The van der Waals surface area contributed by atoms with Crippen LogP contribution in [0.1, 0.15) is 10.6 Å². The van der Waals surface area contributed by atoms with E-state index in [-0.39, 0.29) is 6.03 Å². The molecule has 4 N–H and O–H groups in total. The van der Waals surface area contributed by atoms with Crippen molar-refractivity contribution >= 4 is 39.2 Å². The van der Waals surface area contributed by atoms with Gasteiger partial charge in [-0.3, -0.25) is 5.32 Å². The molecule has 144 valence electrons. The number of hydrogen-bond donors (Lipinski definition) is 4. The lowest BCUT2D eigenvalue weighted by molar-refractivity contribution is 0.262. The van der Waals surface area contributed by atoms with Gasteiger partial charge in [0.1, 0.15) is 5.52 Å². The van der Waals surface area contributed by atoms with Crippen molar-refractivity contribution in [1.82, 2.24) is 24.9 Å². The Morgan fingerprint density at radius 1 is 0.966 bits per heavy atom. The van der Waals surface area contributed by atoms with Gasteiger partial charge in [0.15, 0.2) is 5.13 Å². The average Bonchev–Trinajstić information content (AvgIpc) is 3.47. The number of para-hydroxylation sites is 1. The number of H-pyrrole nitrogens is 2. The Bertz CT molecular complexity index is 1250. The molecule has 0 saturated heterocycles. The number of benzene rings is 1. The van der Waals surface area contributed by atoms with Gasteiger partial charge in [-0.1, -0.05) is 18.2 Å². The van der Waals surface area contributed by atoms with Crippen molar-refractivity contribution in [2.75, 3.05) is 10.6 Å². The third-order valence-electron chi connectivity index (χ3n) is 4.65. The van der Waals surface area contributed by atoms with Crippen LogP contribution >= 0.6 is 11.3 Å². The number of carbonyl (C=O) groups is 1. The number of rotatable bonds is 5. The van der Waals surface area contributed by atoms with Gasteiger partial charge in [-0.05, 0) is 31.0 Å². The van der Waals surface area contributed by atoms with Gasteiger partial charge in [0, 0.05) is 22.3 Å². The van der Waals surface area contributed by atoms with Gasteiger partial charge in [0.05, 0.1) is 29.6 Å². The SMILES string of the molecule is O=C(Nc1ncc(CCc2[nH]cnc3cccc2-3)s1)Nc1cccc2[nH]cnc12. The first-order valence-corrected chi connectivity index (χ1v) is 9.94. The lowest BCUT2D eigenvalue weighted by Gasteiger charge is -2.06. The van der Waals surface area contributed by atoms with Crippen molar-refractivity contribution in [2.45, 2.75) is 12.8 Å². The summed E-state index contributed by atoms with van der Waals surface area (Å²) in [4.78, 5) is 32.6. The van der Waals surface area contributed by atoms with Crippen molar-refractivity contribution < 1.29 is 4.79 Å². The summed E-state index contributed by atoms with van der Waals surface area (Å²) in [5.74, 6) is 0. The highest BCUT2D eigenvalue weighted by Crippen LogP contribution is 2.26. The lowest BCUT2D eigenvalue weighted by atomic mass is 10.1. The number of aromatic amines is 2. The Kier molecular flexibility index (Phi) is 4.41. The van der Waals surface area contributed by atoms with E-state index in [4.69, 9.17) is 0 Å². The second kappa shape index (κ2) is 7.36. The van der Waals surface area contributed by atoms with Gasteiger partial charge in [0.2, 0.25) is 0 Å². The molecule has 2 amide bonds. The van der Waals surface area contributed by atoms with Crippen LogP contribution in [0.5, 0.6) is 0 Å². The smallest absolute Gasteiger partial charge is 0.325 e. The minimum Gasteiger partial charge on any atom is -0.349 e. The minimum absolute atomic E-state index is 0.345. The third kappa shape index (κ3) is 3.55. The fourth-order valence-electron chi connectivity index (χ4n) is 3.29. The molecule has 1 aliphatic carbocycles. The van der Waals surface area contributed by atoms with Crippen LogP contribution < -0.4 is 10.6 Å². The van der Waals surface area contributed by atoms with E-state index in [1.54, 1.807) is 18.9 Å². The van der Waals surface area contributed by atoms with Gasteiger partial charge >= 0.3 is 6.03 Å². The molecule has 0 radical (unpaired) electrons. The average molecular weight is 403 g/mol. The molecule has 2 aliphatic rings. The standard InChI is InChI=1S/C20H17N7OS/c28-19(26-17-6-2-5-16-18(17)25-11-24-16)27-20-21-9-12(29-20)7-8-15-13-3-1-4-14(13)22-10-23-15/h1-6,9-11H,7-8H2,(H,22,23)(H,24,25)(H2,21,26,27,28). The molecular formula is C20H17N7OS. The Morgan fingerprint density at radius 3 is 2.83 bits per heavy atom. The monoisotopic (exact) mass is 403 g/mol. The number of aromatic nitrogens is 5. The number of urea groups is 1. The van der Waals surface area contributed by atoms with Crippen molar-refractivity contribution in [2.24, 2.45) is 0 Å². The number of carbonyl (C=O) groups excluding carboxylic acids is 1. The second-order valence-corrected chi connectivity index (χ2v) is 7.64. The molecule has 0 bridgehead atoms. The number of anilines is 2. The van der Waals surface area contributed by atoms with E-state index < -0.39 is 0 Å². The van der Waals surface area contributed by atoms with E-state index in [1.807, 2.05) is 30.3 Å². The first-order chi connectivity index (χ1) is 14.3. The van der Waals surface area contributed by atoms with Crippen LogP contribution in [0.2, 0.25) is 0 Å². The molecule has 0 atom stereocenters. The largest absolute Gasteiger partial charge is 0.349 e. The van der Waals surface area contributed by atoms with Crippen LogP contribution in [-0.4, -0.2) is 31.0 Å². The molecule has 1 aromatic carbocycles. The van der Waals surface area contributed by atoms with Crippen LogP contribution in [0.4, 0.5) is 15.6 Å². The van der Waals surface area contributed by atoms with Crippen LogP contribution in [-0.2, 0) is 12.8 Å². The number of nitrogens with zero attached hydrogens (tertiary/aromatic N) is 3. The van der Waals surface area contributed by atoms with Gasteiger partial charge in [-0.2, -0.15) is 0 Å². The summed E-state index contributed by atoms with van der Waals surface area (Å²) in [5.41, 5.74) is 5.51. The van der Waals surface area contributed by atoms with E-state index >= 15 is 0 Å². The van der Waals surface area contributed by atoms with Crippen LogP contribution in [0, 0.1) is 0 Å². The maximum atomic E-state index is 12.3. The van der Waals surface area contributed by atoms with Crippen molar-refractivity contribution in [3.05, 3.63) is 65.8 Å². The first kappa shape index (κ1) is 17.4. The maximum Gasteiger partial charge on any atom is 0.325 e. The zero-order chi connectivity index (χ0) is 19.6. The molecule has 0 spiro atoms. The van der Waals surface area contributed by atoms with Crippen molar-refractivity contribution in [3.63, 3.8) is 0 Å². The minimum atomic E-state index is -0.345. The molecule has 29 heavy (non-hydrogen) atoms. The number of imidazole rings is 1. The normalized spacial score (nSPS) is 11.2. The Balaban J connectivity index is 1.22. The number of fused-ring (bicyclic) bond motifs is 2. The van der Waals surface area contributed by atoms with E-state index in [1.165, 1.54) is 11.3 Å². The second-order valence-electron chi connectivity index (χ2n) is 6.52. The molecule has 3 aromatic rings. The Labute approximate surface area is 169 Å². The zero-order valence-electron chi connectivity index (χ0n) is 15.3. The van der Waals surface area contributed by atoms with Crippen LogP contribution in [0.3, 0.4) is 0 Å². The number of nitrogens with one attached hydrogen (secondary N) is 4. The lowest BCUT2D eigenvalue weighted by Crippen LogP contribution is -2.19. The van der Waals surface area contributed by atoms with Gasteiger partial charge in [-0.25, -0.2) is 19.7 Å². The van der Waals surface area contributed by atoms with Crippen LogP contribution in [0.25, 0.3) is 22.3 Å². The summed E-state index contributed by atoms with van der Waals surface area (Å²) < 4.78 is 0. The van der Waals surface area contributed by atoms with Crippen LogP contribution in [0.15, 0.2) is 55.2 Å². The molecule has 3 heterocycles. The van der Waals surface area contributed by atoms with Gasteiger partial charge < -0.3 is 15.3 Å². The van der Waals surface area contributed by atoms with Gasteiger partial charge in [-0.15, -0.1) is 11.3 Å². The highest BCUT2D eigenvalue weighted by Gasteiger charge is 2.12. The number of thiazole rings is 1. The molecule has 2 aromatic heterocycles. The molecule has 1 aliphatic heterocycles. The summed E-state index contributed by atoms with van der Waals surface area (Å²) in [5, 5.41) is 6.18. The summed E-state index contributed by atoms with van der Waals surface area (Å²) in [7, 11) is 0. The van der Waals surface area contributed by atoms with E-state index in [9.17, 15) is 4.79 Å². The molecule has 0 unspecified atom stereocenters. The predicted octanol–water partition coefficient (Wildman–Crippen LogP) is 4.28. The van der Waals surface area contributed by atoms with E-state index in [0.717, 1.165) is 45.7 Å². The molecule has 8 nitrogen and oxygen atoms in total. The molecule has 0 fully saturated rings. The molecule has 0 saturated carbocycles. The van der Waals surface area contributed by atoms with E-state index in [0.29, 0.717) is 10.8 Å². The molecule has 9 heteroatoms. The Hall–Kier alpha value is -3.72. The quantitative estimate of drug-likeness (QED) is 0.351. The maximum absolute atomic E-state index is 12.3.